The quantitative estimate of drug-likeness (QED) is 0.125. The topological polar surface area (TPSA) is 181 Å². The van der Waals surface area contributed by atoms with Gasteiger partial charge in [0.05, 0.1) is 90.2 Å². The number of pyridine rings is 3. The minimum Gasteiger partial charge on any atom is -0.436 e. The second-order valence-corrected chi connectivity index (χ2v) is 30.6. The van der Waals surface area contributed by atoms with E-state index >= 15 is 0 Å². The molecule has 0 atom stereocenters. The Morgan fingerprint density at radius 1 is 0.209 bits per heavy atom. The Kier molecular flexibility index (Phi) is 16.6. The monoisotopic (exact) mass is 1550 g/mol. The molecule has 0 aliphatic rings. The van der Waals surface area contributed by atoms with E-state index in [0.717, 1.165) is 215 Å². The molecule has 0 bridgehead atoms. The molecule has 9 heterocycles. The molecule has 24 rings (SSSR count). The van der Waals surface area contributed by atoms with Crippen molar-refractivity contribution in [1.29, 1.82) is 0 Å². The molecule has 18 heteroatoms. The lowest BCUT2D eigenvalue weighted by molar-refractivity contribution is 0.620. The number of oxazole rings is 1. The summed E-state index contributed by atoms with van der Waals surface area (Å²) in [5, 5.41) is 11.8. The fraction of sp³-hybridized carbons (Fsp3) is 0. The summed E-state index contributed by atoms with van der Waals surface area (Å²) in [5.74, 6) is 1.30. The SMILES string of the molecule is c1ccc(-c2nc(-c3ccc4c(c3)nc(-c3ccccc3)c3ccc5nsnc5c34)nc3ccccc23)cc1.c1ccc(-c2nc3cc(-c4ccc(-c5nc6ccccc6o5)cc4)ccc3c3c2ccc2nsnc23)cc1.c1ccc(-c2nc3cc(-c4ccc(-c5nc6ccccc6s5)cc4)ccc3c3c2ccc2nsnc23)cc1. The third-order valence-electron chi connectivity index (χ3n) is 21.1. The van der Waals surface area contributed by atoms with Crippen molar-refractivity contribution in [2.75, 3.05) is 0 Å². The molecule has 538 valence electrons. The van der Waals surface area contributed by atoms with Crippen LogP contribution < -0.4 is 0 Å². The van der Waals surface area contributed by atoms with Gasteiger partial charge in [-0.15, -0.1) is 11.3 Å². The Bertz CT molecular complexity index is 7540. The van der Waals surface area contributed by atoms with Gasteiger partial charge in [0.25, 0.3) is 0 Å². The second-order valence-electron chi connectivity index (χ2n) is 27.9. The number of benzene rings is 15. The standard InChI is InChI=1S/C33H19N5S.C32H18N4OS.C32H18N4S2/c1-3-9-20(10-4-1)30-24-13-7-8-14-26(24)35-33(36-30)22-15-16-23-28(19-22)34-31(21-11-5-2-6-12-21)25-17-18-27-32(29(23)25)38-39-37-27;2*1-2-6-20(7-3-1)30-24-16-17-26-31(36-38-35-26)29(24)23-15-14-22(18-27(23)33-30)19-10-12-21(13-11-19)32-34-25-8-4-5-9-28(25)37-32/h1-19H;2*1-18H. The minimum atomic E-state index is 0.623. The van der Waals surface area contributed by atoms with E-state index < -0.39 is 0 Å². The number of aromatic nitrogens is 13. The third-order valence-corrected chi connectivity index (χ3v) is 23.8. The van der Waals surface area contributed by atoms with Crippen LogP contribution in [-0.4, -0.2) is 61.1 Å². The van der Waals surface area contributed by atoms with Gasteiger partial charge in [-0.1, -0.05) is 237 Å². The van der Waals surface area contributed by atoms with Crippen LogP contribution in [0, 0.1) is 0 Å². The zero-order valence-electron chi connectivity index (χ0n) is 60.6. The summed E-state index contributed by atoms with van der Waals surface area (Å²) in [4.78, 5) is 35.0. The zero-order chi connectivity index (χ0) is 75.9. The molecule has 0 aliphatic carbocycles. The van der Waals surface area contributed by atoms with E-state index in [4.69, 9.17) is 34.3 Å². The van der Waals surface area contributed by atoms with Crippen LogP contribution >= 0.6 is 46.5 Å². The van der Waals surface area contributed by atoms with Crippen molar-refractivity contribution in [2.24, 2.45) is 0 Å². The summed E-state index contributed by atoms with van der Waals surface area (Å²) < 4.78 is 34.6. The Balaban J connectivity index is 0.000000105. The Hall–Kier alpha value is -14.5. The maximum Gasteiger partial charge on any atom is 0.227 e. The fourth-order valence-corrected chi connectivity index (χ4v) is 18.2. The fourth-order valence-electron chi connectivity index (χ4n) is 15.6. The molecule has 9 aromatic heterocycles. The van der Waals surface area contributed by atoms with Crippen LogP contribution in [0.4, 0.5) is 0 Å². The third kappa shape index (κ3) is 12.2. The van der Waals surface area contributed by atoms with E-state index in [1.54, 1.807) is 11.3 Å². The van der Waals surface area contributed by atoms with Crippen LogP contribution in [-0.2, 0) is 0 Å². The summed E-state index contributed by atoms with van der Waals surface area (Å²) in [6.45, 7) is 0. The van der Waals surface area contributed by atoms with Gasteiger partial charge in [0.1, 0.15) is 43.6 Å². The van der Waals surface area contributed by atoms with Crippen molar-refractivity contribution in [2.45, 2.75) is 0 Å². The smallest absolute Gasteiger partial charge is 0.227 e. The van der Waals surface area contributed by atoms with Gasteiger partial charge in [-0.05, 0) is 119 Å². The van der Waals surface area contributed by atoms with Crippen molar-refractivity contribution in [1.82, 2.24) is 61.1 Å². The number of thiazole rings is 1. The first kappa shape index (κ1) is 67.4. The highest BCUT2D eigenvalue weighted by atomic mass is 32.1. The van der Waals surface area contributed by atoms with Crippen molar-refractivity contribution in [3.8, 4) is 101 Å². The average molecular weight is 1550 g/mol. The number of nitrogens with zero attached hydrogens (tertiary/aromatic N) is 13. The predicted octanol–water partition coefficient (Wildman–Crippen LogP) is 25.9. The van der Waals surface area contributed by atoms with Crippen molar-refractivity contribution in [3.63, 3.8) is 0 Å². The molecule has 0 saturated carbocycles. The molecule has 0 radical (unpaired) electrons. The average Bonchev–Trinajstić information content (AvgIpc) is 1.68. The summed E-state index contributed by atoms with van der Waals surface area (Å²) in [7, 11) is 0. The lowest BCUT2D eigenvalue weighted by Crippen LogP contribution is -1.96. The first-order chi connectivity index (χ1) is 57.0. The van der Waals surface area contributed by atoms with E-state index in [2.05, 4.69) is 237 Å². The highest BCUT2D eigenvalue weighted by Crippen LogP contribution is 2.44. The van der Waals surface area contributed by atoms with Crippen molar-refractivity contribution < 1.29 is 4.42 Å². The first-order valence-electron chi connectivity index (χ1n) is 37.3. The van der Waals surface area contributed by atoms with E-state index in [9.17, 15) is 0 Å². The summed E-state index contributed by atoms with van der Waals surface area (Å²) in [6, 6.07) is 114. The lowest BCUT2D eigenvalue weighted by Gasteiger charge is -2.12. The summed E-state index contributed by atoms with van der Waals surface area (Å²) in [5.41, 5.74) is 27.4. The van der Waals surface area contributed by atoms with E-state index in [0.29, 0.717) is 11.7 Å². The molecule has 0 aliphatic heterocycles. The summed E-state index contributed by atoms with van der Waals surface area (Å²) in [6.07, 6.45) is 0. The largest absolute Gasteiger partial charge is 0.436 e. The number of para-hydroxylation sites is 4. The molecule has 14 nitrogen and oxygen atoms in total. The molecule has 0 saturated heterocycles. The first-order valence-corrected chi connectivity index (χ1v) is 40.4. The molecule has 0 unspecified atom stereocenters. The molecule has 0 N–H and O–H groups in total. The normalized spacial score (nSPS) is 11.7. The number of hydrogen-bond acceptors (Lipinski definition) is 18. The van der Waals surface area contributed by atoms with E-state index in [-0.39, 0.29) is 0 Å². The Morgan fingerprint density at radius 2 is 0.583 bits per heavy atom. The van der Waals surface area contributed by atoms with Crippen LogP contribution in [0.15, 0.2) is 338 Å². The van der Waals surface area contributed by atoms with E-state index in [1.165, 1.54) is 39.9 Å². The molecule has 24 aromatic rings. The molecule has 115 heavy (non-hydrogen) atoms. The molecule has 0 amide bonds. The van der Waals surface area contributed by atoms with Crippen LogP contribution in [0.2, 0.25) is 0 Å². The highest BCUT2D eigenvalue weighted by Gasteiger charge is 2.22. The minimum absolute atomic E-state index is 0.623. The summed E-state index contributed by atoms with van der Waals surface area (Å²) >= 11 is 5.46. The lowest BCUT2D eigenvalue weighted by atomic mass is 9.96. The van der Waals surface area contributed by atoms with Crippen LogP contribution in [0.3, 0.4) is 0 Å². The zero-order valence-corrected chi connectivity index (χ0v) is 63.9. The van der Waals surface area contributed by atoms with Crippen LogP contribution in [0.1, 0.15) is 0 Å². The molecule has 0 spiro atoms. The number of hydrogen-bond donors (Lipinski definition) is 0. The van der Waals surface area contributed by atoms with Gasteiger partial charge >= 0.3 is 0 Å². The molecular weight excluding hydrogens is 1490 g/mol. The highest BCUT2D eigenvalue weighted by molar-refractivity contribution is 7.21. The Morgan fingerprint density at radius 3 is 1.05 bits per heavy atom. The molecule has 0 fully saturated rings. The predicted molar refractivity (Wildman–Crippen MR) is 473 cm³/mol. The van der Waals surface area contributed by atoms with Gasteiger partial charge in [0.2, 0.25) is 5.89 Å². The van der Waals surface area contributed by atoms with Gasteiger partial charge in [-0.2, -0.15) is 26.2 Å². The van der Waals surface area contributed by atoms with E-state index in [1.807, 2.05) is 127 Å². The van der Waals surface area contributed by atoms with Gasteiger partial charge in [0, 0.05) is 92.8 Å². The number of rotatable bonds is 9. The maximum atomic E-state index is 5.95. The maximum absolute atomic E-state index is 5.95. The Labute approximate surface area is 671 Å². The van der Waals surface area contributed by atoms with Crippen LogP contribution in [0.25, 0.3) is 231 Å². The number of fused-ring (bicyclic) bond motifs is 18. The molecular formula is C97H55N13OS4. The van der Waals surface area contributed by atoms with Gasteiger partial charge in [0.15, 0.2) is 11.4 Å². The van der Waals surface area contributed by atoms with Gasteiger partial charge in [-0.25, -0.2) is 34.9 Å². The molecule has 15 aromatic carbocycles. The van der Waals surface area contributed by atoms with Crippen molar-refractivity contribution in [3.05, 3.63) is 334 Å². The van der Waals surface area contributed by atoms with Crippen LogP contribution in [0.5, 0.6) is 0 Å². The van der Waals surface area contributed by atoms with Crippen molar-refractivity contribution >= 4 is 177 Å². The second kappa shape index (κ2) is 28.3. The van der Waals surface area contributed by atoms with Gasteiger partial charge in [-0.3, -0.25) is 0 Å². The van der Waals surface area contributed by atoms with Gasteiger partial charge < -0.3 is 4.42 Å².